The molecule has 1 atom stereocenters. The molecule has 0 saturated heterocycles. The van der Waals surface area contributed by atoms with Gasteiger partial charge in [-0.1, -0.05) is 37.2 Å². The molecule has 8 nitrogen and oxygen atoms in total. The monoisotopic (exact) mass is 469 g/mol. The second-order valence-electron chi connectivity index (χ2n) is 7.17. The molecule has 11 heteroatoms. The largest absolute Gasteiger partial charge is 0.442 e. The minimum Gasteiger partial charge on any atom is -0.442 e. The van der Waals surface area contributed by atoms with Gasteiger partial charge in [0.2, 0.25) is 0 Å². The van der Waals surface area contributed by atoms with E-state index < -0.39 is 22.7 Å². The van der Waals surface area contributed by atoms with E-state index in [1.54, 1.807) is 56.9 Å². The Morgan fingerprint density at radius 3 is 2.77 bits per heavy atom. The molecule has 1 aromatic carbocycles. The van der Waals surface area contributed by atoms with Crippen LogP contribution in [0.3, 0.4) is 0 Å². The Morgan fingerprint density at radius 2 is 2.07 bits per heavy atom. The van der Waals surface area contributed by atoms with E-state index in [4.69, 9.17) is 16.3 Å². The number of carbonyl (C=O) groups is 1. The highest BCUT2D eigenvalue weighted by Gasteiger charge is 2.25. The zero-order chi connectivity index (χ0) is 22.1. The van der Waals surface area contributed by atoms with Gasteiger partial charge >= 0.3 is 6.09 Å². The van der Waals surface area contributed by atoms with Crippen LogP contribution in [0.25, 0.3) is 10.9 Å². The number of benzene rings is 1. The lowest BCUT2D eigenvalue weighted by atomic mass is 10.2. The number of rotatable bonds is 3. The first-order valence-electron chi connectivity index (χ1n) is 9.51. The topological polar surface area (TPSA) is 91.0 Å². The van der Waals surface area contributed by atoms with Gasteiger partial charge < -0.3 is 9.30 Å². The van der Waals surface area contributed by atoms with Crippen LogP contribution in [0.5, 0.6) is 0 Å². The predicted octanol–water partition coefficient (Wildman–Crippen LogP) is 4.94. The van der Waals surface area contributed by atoms with Crippen molar-refractivity contribution in [1.29, 1.82) is 0 Å². The van der Waals surface area contributed by atoms with E-state index in [0.717, 1.165) is 17.5 Å². The standard InChI is InChI=1S/C17H18ClN5O3S2.C2H6/c1-17(2,3)26-16(24)23-12-5-4-11(8-10(12)9-19-23)21-28(25)14-13(18)20-15-22(14)6-7-27-15;1-2/h4-5,8-9,21H,6-7H2,1-3H3;1-2H3. The maximum absolute atomic E-state index is 12.8. The Hall–Kier alpha value is -2.04. The van der Waals surface area contributed by atoms with E-state index in [1.165, 1.54) is 4.68 Å². The molecule has 0 amide bonds. The highest BCUT2D eigenvalue weighted by molar-refractivity contribution is 7.99. The Balaban J connectivity index is 0.00000124. The lowest BCUT2D eigenvalue weighted by Crippen LogP contribution is -2.27. The summed E-state index contributed by atoms with van der Waals surface area (Å²) < 4.78 is 24.2. The van der Waals surface area contributed by atoms with Crippen LogP contribution in [-0.4, -0.2) is 41.0 Å². The number of nitrogens with one attached hydrogen (secondary N) is 1. The number of aromatic nitrogens is 4. The molecule has 0 bridgehead atoms. The molecular formula is C19H24ClN5O3S2. The summed E-state index contributed by atoms with van der Waals surface area (Å²) in [5, 5.41) is 6.32. The molecule has 0 aliphatic carbocycles. The van der Waals surface area contributed by atoms with Crippen molar-refractivity contribution in [3.8, 4) is 0 Å². The molecule has 1 aliphatic heterocycles. The first-order chi connectivity index (χ1) is 14.2. The molecule has 2 aromatic heterocycles. The van der Waals surface area contributed by atoms with Crippen LogP contribution in [0.15, 0.2) is 34.6 Å². The molecule has 1 aliphatic rings. The van der Waals surface area contributed by atoms with E-state index in [-0.39, 0.29) is 5.15 Å². The molecule has 0 spiro atoms. The van der Waals surface area contributed by atoms with Gasteiger partial charge in [0.25, 0.3) is 0 Å². The minimum atomic E-state index is -1.57. The third kappa shape index (κ3) is 4.65. The maximum atomic E-state index is 12.8. The molecule has 4 rings (SSSR count). The summed E-state index contributed by atoms with van der Waals surface area (Å²) in [6.07, 6.45) is 1.01. The van der Waals surface area contributed by atoms with Crippen molar-refractivity contribution in [2.45, 2.75) is 56.9 Å². The highest BCUT2D eigenvalue weighted by atomic mass is 35.5. The highest BCUT2D eigenvalue weighted by Crippen LogP contribution is 2.32. The number of hydrogen-bond acceptors (Lipinski definition) is 6. The Morgan fingerprint density at radius 1 is 1.33 bits per heavy atom. The quantitative estimate of drug-likeness (QED) is 0.584. The molecule has 1 N–H and O–H groups in total. The summed E-state index contributed by atoms with van der Waals surface area (Å²) in [7, 11) is -1.57. The number of carbonyl (C=O) groups excluding carboxylic acids is 1. The lowest BCUT2D eigenvalue weighted by Gasteiger charge is -2.19. The van der Waals surface area contributed by atoms with Crippen LogP contribution in [-0.2, 0) is 22.3 Å². The van der Waals surface area contributed by atoms with Crippen LogP contribution >= 0.6 is 23.4 Å². The van der Waals surface area contributed by atoms with Crippen molar-refractivity contribution in [3.63, 3.8) is 0 Å². The number of anilines is 1. The van der Waals surface area contributed by atoms with E-state index in [1.807, 2.05) is 18.4 Å². The van der Waals surface area contributed by atoms with Crippen LogP contribution in [0.1, 0.15) is 34.6 Å². The third-order valence-electron chi connectivity index (χ3n) is 3.91. The molecule has 0 fully saturated rings. The molecular weight excluding hydrogens is 446 g/mol. The summed E-state index contributed by atoms with van der Waals surface area (Å²) in [6, 6.07) is 5.22. The first kappa shape index (κ1) is 22.6. The molecule has 0 saturated carbocycles. The second kappa shape index (κ2) is 8.99. The summed E-state index contributed by atoms with van der Waals surface area (Å²) >= 11 is 7.75. The van der Waals surface area contributed by atoms with Gasteiger partial charge in [-0.2, -0.15) is 9.78 Å². The second-order valence-corrected chi connectivity index (χ2v) is 9.72. The number of ether oxygens (including phenoxy) is 1. The Kier molecular flexibility index (Phi) is 6.78. The van der Waals surface area contributed by atoms with Crippen molar-refractivity contribution in [2.75, 3.05) is 10.5 Å². The van der Waals surface area contributed by atoms with Gasteiger partial charge in [-0.15, -0.1) is 0 Å². The molecule has 3 aromatic rings. The summed E-state index contributed by atoms with van der Waals surface area (Å²) in [6.45, 7) is 10.1. The lowest BCUT2D eigenvalue weighted by molar-refractivity contribution is 0.0522. The van der Waals surface area contributed by atoms with Crippen molar-refractivity contribution < 1.29 is 13.7 Å². The number of nitrogens with zero attached hydrogens (tertiary/aromatic N) is 4. The predicted molar refractivity (Wildman–Crippen MR) is 121 cm³/mol. The van der Waals surface area contributed by atoms with Crippen molar-refractivity contribution >= 4 is 57.0 Å². The minimum absolute atomic E-state index is 0.242. The Labute approximate surface area is 186 Å². The normalized spacial score (nSPS) is 14.1. The van der Waals surface area contributed by atoms with Crippen LogP contribution in [0.2, 0.25) is 5.15 Å². The van der Waals surface area contributed by atoms with Crippen molar-refractivity contribution in [3.05, 3.63) is 29.5 Å². The molecule has 162 valence electrons. The van der Waals surface area contributed by atoms with Crippen LogP contribution < -0.4 is 4.72 Å². The summed E-state index contributed by atoms with van der Waals surface area (Å²) in [4.78, 5) is 16.5. The average Bonchev–Trinajstić information content (AvgIpc) is 3.35. The van der Waals surface area contributed by atoms with Crippen molar-refractivity contribution in [1.82, 2.24) is 19.3 Å². The zero-order valence-electron chi connectivity index (χ0n) is 17.4. The van der Waals surface area contributed by atoms with Crippen LogP contribution in [0.4, 0.5) is 10.5 Å². The SMILES string of the molecule is CC.CC(C)(C)OC(=O)n1ncc2cc(NS(=O)c3c(Cl)nc4n3CCS4)ccc21. The van der Waals surface area contributed by atoms with Crippen molar-refractivity contribution in [2.24, 2.45) is 0 Å². The van der Waals surface area contributed by atoms with E-state index in [2.05, 4.69) is 14.8 Å². The fourth-order valence-corrected chi connectivity index (χ4v) is 5.27. The first-order valence-corrected chi connectivity index (χ1v) is 12.0. The molecule has 1 unspecified atom stereocenters. The smallest absolute Gasteiger partial charge is 0.435 e. The van der Waals surface area contributed by atoms with Gasteiger partial charge in [-0.25, -0.2) is 14.0 Å². The van der Waals surface area contributed by atoms with Gasteiger partial charge in [-0.3, -0.25) is 4.72 Å². The summed E-state index contributed by atoms with van der Waals surface area (Å²) in [5.74, 6) is 0.888. The summed E-state index contributed by atoms with van der Waals surface area (Å²) in [5.41, 5.74) is 0.605. The third-order valence-corrected chi connectivity index (χ3v) is 6.43. The number of fused-ring (bicyclic) bond motifs is 2. The van der Waals surface area contributed by atoms with Gasteiger partial charge in [0.05, 0.1) is 11.7 Å². The van der Waals surface area contributed by atoms with Gasteiger partial charge in [0.15, 0.2) is 26.3 Å². The number of thioether (sulfide) groups is 1. The molecule has 30 heavy (non-hydrogen) atoms. The van der Waals surface area contributed by atoms with E-state index in [0.29, 0.717) is 21.6 Å². The number of hydrogen-bond donors (Lipinski definition) is 1. The van der Waals surface area contributed by atoms with Crippen LogP contribution in [0, 0.1) is 0 Å². The Bertz CT molecular complexity index is 1100. The number of imidazole rings is 1. The number of halogens is 1. The van der Waals surface area contributed by atoms with E-state index in [9.17, 15) is 9.00 Å². The fraction of sp³-hybridized carbons (Fsp3) is 0.421. The maximum Gasteiger partial charge on any atom is 0.435 e. The zero-order valence-corrected chi connectivity index (χ0v) is 19.8. The molecule has 0 radical (unpaired) electrons. The van der Waals surface area contributed by atoms with Gasteiger partial charge in [-0.05, 0) is 39.0 Å². The van der Waals surface area contributed by atoms with Gasteiger partial charge in [0, 0.05) is 23.4 Å². The molecule has 3 heterocycles. The average molecular weight is 470 g/mol. The fourth-order valence-electron chi connectivity index (χ4n) is 2.81. The van der Waals surface area contributed by atoms with Gasteiger partial charge in [0.1, 0.15) is 5.60 Å². The van der Waals surface area contributed by atoms with E-state index >= 15 is 0 Å².